The van der Waals surface area contributed by atoms with Crippen molar-refractivity contribution in [1.29, 1.82) is 0 Å². The molecular formula is C54H34. The van der Waals surface area contributed by atoms with E-state index in [0.717, 1.165) is 0 Å². The minimum Gasteiger partial charge on any atom is -0.0622 e. The van der Waals surface area contributed by atoms with Crippen molar-refractivity contribution in [3.8, 4) is 44.5 Å². The molecule has 0 amide bonds. The van der Waals surface area contributed by atoms with E-state index < -0.39 is 0 Å². The second-order valence-electron chi connectivity index (χ2n) is 14.4. The summed E-state index contributed by atoms with van der Waals surface area (Å²) in [6.07, 6.45) is 0. The summed E-state index contributed by atoms with van der Waals surface area (Å²) in [6, 6.07) is 76.2. The molecule has 0 aliphatic heterocycles. The highest BCUT2D eigenvalue weighted by Gasteiger charge is 2.19. The Morgan fingerprint density at radius 1 is 0.185 bits per heavy atom. The van der Waals surface area contributed by atoms with Crippen molar-refractivity contribution < 1.29 is 0 Å². The molecule has 0 bridgehead atoms. The van der Waals surface area contributed by atoms with E-state index >= 15 is 0 Å². The first kappa shape index (κ1) is 30.6. The molecule has 11 aromatic carbocycles. The van der Waals surface area contributed by atoms with Gasteiger partial charge in [0.1, 0.15) is 0 Å². The lowest BCUT2D eigenvalue weighted by atomic mass is 9.83. The van der Waals surface area contributed by atoms with Gasteiger partial charge in [0.2, 0.25) is 0 Å². The van der Waals surface area contributed by atoms with Gasteiger partial charge in [-0.15, -0.1) is 0 Å². The number of hydrogen-bond acceptors (Lipinski definition) is 0. The molecule has 11 rings (SSSR count). The third-order valence-corrected chi connectivity index (χ3v) is 11.4. The average Bonchev–Trinajstić information content (AvgIpc) is 3.24. The van der Waals surface area contributed by atoms with Crippen LogP contribution in [0.15, 0.2) is 206 Å². The van der Waals surface area contributed by atoms with Crippen LogP contribution in [-0.4, -0.2) is 0 Å². The van der Waals surface area contributed by atoms with Crippen LogP contribution in [0.3, 0.4) is 0 Å². The molecule has 0 spiro atoms. The maximum atomic E-state index is 2.45. The first-order valence-corrected chi connectivity index (χ1v) is 18.8. The second-order valence-corrected chi connectivity index (χ2v) is 14.4. The van der Waals surface area contributed by atoms with Crippen molar-refractivity contribution in [2.24, 2.45) is 0 Å². The number of rotatable bonds is 4. The van der Waals surface area contributed by atoms with Gasteiger partial charge in [0, 0.05) is 0 Å². The summed E-state index contributed by atoms with van der Waals surface area (Å²) < 4.78 is 0. The smallest absolute Gasteiger partial charge is 0.00199 e. The van der Waals surface area contributed by atoms with E-state index in [1.165, 1.54) is 109 Å². The lowest BCUT2D eigenvalue weighted by molar-refractivity contribution is 1.65. The van der Waals surface area contributed by atoms with Gasteiger partial charge in [-0.25, -0.2) is 0 Å². The molecule has 0 unspecified atom stereocenters. The van der Waals surface area contributed by atoms with Gasteiger partial charge in [-0.05, 0) is 133 Å². The van der Waals surface area contributed by atoms with Crippen LogP contribution >= 0.6 is 0 Å². The summed E-state index contributed by atoms with van der Waals surface area (Å²) in [6.45, 7) is 0. The topological polar surface area (TPSA) is 0 Å². The van der Waals surface area contributed by atoms with E-state index in [9.17, 15) is 0 Å². The molecule has 0 heterocycles. The Kier molecular flexibility index (Phi) is 6.97. The summed E-state index contributed by atoms with van der Waals surface area (Å²) in [7, 11) is 0. The van der Waals surface area contributed by atoms with Gasteiger partial charge in [0.15, 0.2) is 0 Å². The maximum Gasteiger partial charge on any atom is -0.00199 e. The zero-order chi connectivity index (χ0) is 35.6. The molecule has 11 aromatic rings. The molecule has 0 aromatic heterocycles. The third-order valence-electron chi connectivity index (χ3n) is 11.4. The van der Waals surface area contributed by atoms with E-state index in [4.69, 9.17) is 0 Å². The Bertz CT molecular complexity index is 3250. The van der Waals surface area contributed by atoms with Gasteiger partial charge in [0.25, 0.3) is 0 Å². The SMILES string of the molecule is c1ccc(-c2c3ccccc3c(-c3cccc4ccccc34)c3cc(-c4cccc5c(-c6ccc7cc8ccccc8cc7c6)cccc45)ccc23)cc1. The first-order chi connectivity index (χ1) is 26.8. The largest absolute Gasteiger partial charge is 0.0622 e. The van der Waals surface area contributed by atoms with Crippen molar-refractivity contribution >= 4 is 64.6 Å². The fourth-order valence-corrected chi connectivity index (χ4v) is 8.92. The van der Waals surface area contributed by atoms with Crippen molar-refractivity contribution in [2.75, 3.05) is 0 Å². The molecule has 0 heteroatoms. The number of benzene rings is 11. The van der Waals surface area contributed by atoms with Crippen LogP contribution in [0.5, 0.6) is 0 Å². The zero-order valence-electron chi connectivity index (χ0n) is 29.6. The Hall–Kier alpha value is -7.02. The average molecular weight is 683 g/mol. The summed E-state index contributed by atoms with van der Waals surface area (Å²) in [5.41, 5.74) is 9.98. The highest BCUT2D eigenvalue weighted by Crippen LogP contribution is 2.47. The van der Waals surface area contributed by atoms with E-state index in [2.05, 4.69) is 206 Å². The lowest BCUT2D eigenvalue weighted by Crippen LogP contribution is -1.93. The van der Waals surface area contributed by atoms with Crippen LogP contribution in [0.25, 0.3) is 109 Å². The zero-order valence-corrected chi connectivity index (χ0v) is 29.6. The van der Waals surface area contributed by atoms with Crippen LogP contribution in [0.2, 0.25) is 0 Å². The quantitative estimate of drug-likeness (QED) is 0.162. The van der Waals surface area contributed by atoms with Crippen molar-refractivity contribution in [3.63, 3.8) is 0 Å². The molecule has 0 aliphatic rings. The summed E-state index contributed by atoms with van der Waals surface area (Å²) in [5, 5.41) is 15.1. The van der Waals surface area contributed by atoms with Crippen LogP contribution < -0.4 is 0 Å². The van der Waals surface area contributed by atoms with Crippen LogP contribution in [0, 0.1) is 0 Å². The summed E-state index contributed by atoms with van der Waals surface area (Å²) >= 11 is 0. The maximum absolute atomic E-state index is 2.45. The number of fused-ring (bicyclic) bond motifs is 6. The minimum atomic E-state index is 1.21. The van der Waals surface area contributed by atoms with Gasteiger partial charge in [-0.3, -0.25) is 0 Å². The van der Waals surface area contributed by atoms with Crippen LogP contribution in [0.1, 0.15) is 0 Å². The molecule has 0 N–H and O–H groups in total. The van der Waals surface area contributed by atoms with Crippen LogP contribution in [0.4, 0.5) is 0 Å². The Morgan fingerprint density at radius 3 is 1.41 bits per heavy atom. The molecule has 0 fully saturated rings. The Morgan fingerprint density at radius 2 is 0.667 bits per heavy atom. The van der Waals surface area contributed by atoms with E-state index in [1.54, 1.807) is 0 Å². The van der Waals surface area contributed by atoms with Gasteiger partial charge >= 0.3 is 0 Å². The van der Waals surface area contributed by atoms with Gasteiger partial charge in [-0.2, -0.15) is 0 Å². The molecule has 0 nitrogen and oxygen atoms in total. The predicted octanol–water partition coefficient (Wildman–Crippen LogP) is 15.3. The molecule has 250 valence electrons. The number of hydrogen-bond donors (Lipinski definition) is 0. The molecule has 0 aliphatic carbocycles. The van der Waals surface area contributed by atoms with Crippen molar-refractivity contribution in [3.05, 3.63) is 206 Å². The van der Waals surface area contributed by atoms with Crippen LogP contribution in [-0.2, 0) is 0 Å². The van der Waals surface area contributed by atoms with Gasteiger partial charge < -0.3 is 0 Å². The fourth-order valence-electron chi connectivity index (χ4n) is 8.92. The van der Waals surface area contributed by atoms with E-state index in [0.29, 0.717) is 0 Å². The fraction of sp³-hybridized carbons (Fsp3) is 0. The summed E-state index contributed by atoms with van der Waals surface area (Å²) in [4.78, 5) is 0. The molecule has 54 heavy (non-hydrogen) atoms. The highest BCUT2D eigenvalue weighted by atomic mass is 14.2. The Balaban J connectivity index is 1.17. The van der Waals surface area contributed by atoms with Gasteiger partial charge in [0.05, 0.1) is 0 Å². The predicted molar refractivity (Wildman–Crippen MR) is 233 cm³/mol. The normalized spacial score (nSPS) is 11.7. The second kappa shape index (κ2) is 12.3. The van der Waals surface area contributed by atoms with E-state index in [1.807, 2.05) is 0 Å². The third kappa shape index (κ3) is 4.85. The molecule has 0 atom stereocenters. The summed E-state index contributed by atoms with van der Waals surface area (Å²) in [5.74, 6) is 0. The Labute approximate surface area is 314 Å². The van der Waals surface area contributed by atoms with Crippen molar-refractivity contribution in [1.82, 2.24) is 0 Å². The standard InChI is InChI=1S/C54H34/c1-2-14-36(15-3-1)53-49-20-8-9-21-50(49)54(48-26-10-18-35-13-6-7-19-43(35)48)52-34-41(29-30-51(52)53)45-23-12-24-46-44(22-11-25-47(45)46)40-28-27-39-31-37-16-4-5-17-38(37)32-42(39)33-40/h1-34H. The highest BCUT2D eigenvalue weighted by molar-refractivity contribution is 6.24. The molecule has 0 saturated carbocycles. The van der Waals surface area contributed by atoms with Crippen molar-refractivity contribution in [2.45, 2.75) is 0 Å². The minimum absolute atomic E-state index is 1.21. The molecule has 0 saturated heterocycles. The monoisotopic (exact) mass is 682 g/mol. The molecular weight excluding hydrogens is 649 g/mol. The van der Waals surface area contributed by atoms with Gasteiger partial charge in [-0.1, -0.05) is 182 Å². The first-order valence-electron chi connectivity index (χ1n) is 18.8. The lowest BCUT2D eigenvalue weighted by Gasteiger charge is -2.20. The molecule has 0 radical (unpaired) electrons. The van der Waals surface area contributed by atoms with E-state index in [-0.39, 0.29) is 0 Å².